The molecular weight excluding hydrogens is 370 g/mol. The van der Waals surface area contributed by atoms with E-state index in [2.05, 4.69) is 29.0 Å². The highest BCUT2D eigenvalue weighted by Crippen LogP contribution is 2.25. The summed E-state index contributed by atoms with van der Waals surface area (Å²) in [5.41, 5.74) is 3.26. The standard InChI is InChI=1S/C19H20ClN3O2S/c1-3-23(4-2)15-8-6-14(7-9-15)21-18(24)12-26-19-22-16-11-13(20)5-10-17(16)25-19/h5-11H,3-4,12H2,1-2H3,(H,21,24). The first-order valence-corrected chi connectivity index (χ1v) is 9.79. The predicted molar refractivity (Wildman–Crippen MR) is 108 cm³/mol. The Labute approximate surface area is 161 Å². The second-order valence-corrected chi connectivity index (χ2v) is 7.01. The summed E-state index contributed by atoms with van der Waals surface area (Å²) >= 11 is 7.19. The van der Waals surface area contributed by atoms with Crippen LogP contribution in [0.5, 0.6) is 0 Å². The molecule has 0 saturated heterocycles. The van der Waals surface area contributed by atoms with Crippen LogP contribution < -0.4 is 10.2 Å². The molecule has 0 unspecified atom stereocenters. The van der Waals surface area contributed by atoms with E-state index in [1.807, 2.05) is 24.3 Å². The Morgan fingerprint density at radius 2 is 1.92 bits per heavy atom. The molecule has 0 atom stereocenters. The third-order valence-corrected chi connectivity index (χ3v) is 5.00. The van der Waals surface area contributed by atoms with Gasteiger partial charge < -0.3 is 14.6 Å². The zero-order valence-electron chi connectivity index (χ0n) is 14.7. The second kappa shape index (κ2) is 8.47. The van der Waals surface area contributed by atoms with Crippen LogP contribution in [0.15, 0.2) is 52.1 Å². The lowest BCUT2D eigenvalue weighted by atomic mass is 10.2. The van der Waals surface area contributed by atoms with Crippen molar-refractivity contribution in [1.29, 1.82) is 0 Å². The van der Waals surface area contributed by atoms with E-state index in [9.17, 15) is 4.79 Å². The van der Waals surface area contributed by atoms with Crippen LogP contribution >= 0.6 is 23.4 Å². The smallest absolute Gasteiger partial charge is 0.257 e. The minimum absolute atomic E-state index is 0.106. The van der Waals surface area contributed by atoms with Gasteiger partial charge in [0.15, 0.2) is 5.58 Å². The quantitative estimate of drug-likeness (QED) is 0.572. The summed E-state index contributed by atoms with van der Waals surface area (Å²) in [6.07, 6.45) is 0. The maximum atomic E-state index is 12.2. The van der Waals surface area contributed by atoms with Crippen LogP contribution in [0.3, 0.4) is 0 Å². The summed E-state index contributed by atoms with van der Waals surface area (Å²) in [6, 6.07) is 13.1. The molecule has 3 rings (SSSR count). The summed E-state index contributed by atoms with van der Waals surface area (Å²) in [6.45, 7) is 6.15. The summed E-state index contributed by atoms with van der Waals surface area (Å²) in [5.74, 6) is 0.115. The average molecular weight is 390 g/mol. The van der Waals surface area contributed by atoms with Crippen LogP contribution in [0, 0.1) is 0 Å². The third-order valence-electron chi connectivity index (χ3n) is 3.94. The number of aromatic nitrogens is 1. The molecule has 136 valence electrons. The van der Waals surface area contributed by atoms with Gasteiger partial charge in [-0.1, -0.05) is 23.4 Å². The number of nitrogens with one attached hydrogen (secondary N) is 1. The molecule has 1 aromatic heterocycles. The highest BCUT2D eigenvalue weighted by molar-refractivity contribution is 7.99. The lowest BCUT2D eigenvalue weighted by Gasteiger charge is -2.21. The molecule has 3 aromatic rings. The Morgan fingerprint density at radius 1 is 1.19 bits per heavy atom. The van der Waals surface area contributed by atoms with Crippen molar-refractivity contribution < 1.29 is 9.21 Å². The first-order chi connectivity index (χ1) is 12.6. The van der Waals surface area contributed by atoms with Gasteiger partial charge in [-0.3, -0.25) is 4.79 Å². The number of carbonyl (C=O) groups is 1. The molecule has 2 aromatic carbocycles. The zero-order valence-corrected chi connectivity index (χ0v) is 16.2. The van der Waals surface area contributed by atoms with Gasteiger partial charge in [-0.2, -0.15) is 0 Å². The van der Waals surface area contributed by atoms with Gasteiger partial charge in [0.1, 0.15) is 5.52 Å². The molecule has 1 N–H and O–H groups in total. The fraction of sp³-hybridized carbons (Fsp3) is 0.263. The Hall–Kier alpha value is -2.18. The van der Waals surface area contributed by atoms with Crippen LogP contribution in [0.25, 0.3) is 11.1 Å². The molecular formula is C19H20ClN3O2S. The van der Waals surface area contributed by atoms with Gasteiger partial charge in [-0.15, -0.1) is 0 Å². The number of amides is 1. The molecule has 7 heteroatoms. The van der Waals surface area contributed by atoms with Crippen LogP contribution in [0.2, 0.25) is 5.02 Å². The number of halogens is 1. The van der Waals surface area contributed by atoms with Crippen LogP contribution in [-0.4, -0.2) is 29.7 Å². The molecule has 0 fully saturated rings. The second-order valence-electron chi connectivity index (χ2n) is 5.65. The molecule has 0 aliphatic heterocycles. The summed E-state index contributed by atoms with van der Waals surface area (Å²) in [7, 11) is 0. The van der Waals surface area contributed by atoms with Crippen molar-refractivity contribution >= 4 is 51.7 Å². The number of fused-ring (bicyclic) bond motifs is 1. The van der Waals surface area contributed by atoms with Crippen LogP contribution in [0.1, 0.15) is 13.8 Å². The van der Waals surface area contributed by atoms with Crippen molar-refractivity contribution in [2.75, 3.05) is 29.1 Å². The van der Waals surface area contributed by atoms with Gasteiger partial charge in [0, 0.05) is 29.5 Å². The number of hydrogen-bond acceptors (Lipinski definition) is 5. The number of rotatable bonds is 7. The molecule has 0 saturated carbocycles. The van der Waals surface area contributed by atoms with E-state index in [1.165, 1.54) is 11.8 Å². The van der Waals surface area contributed by atoms with E-state index in [1.54, 1.807) is 18.2 Å². The summed E-state index contributed by atoms with van der Waals surface area (Å²) < 4.78 is 5.60. The molecule has 0 aliphatic carbocycles. The van der Waals surface area contributed by atoms with Gasteiger partial charge in [0.05, 0.1) is 5.75 Å². The minimum Gasteiger partial charge on any atom is -0.431 e. The number of carbonyl (C=O) groups excluding carboxylic acids is 1. The fourth-order valence-corrected chi connectivity index (χ4v) is 3.41. The van der Waals surface area contributed by atoms with E-state index < -0.39 is 0 Å². The summed E-state index contributed by atoms with van der Waals surface area (Å²) in [4.78, 5) is 18.7. The molecule has 0 aliphatic rings. The van der Waals surface area contributed by atoms with Crippen molar-refractivity contribution in [3.63, 3.8) is 0 Å². The largest absolute Gasteiger partial charge is 0.431 e. The predicted octanol–water partition coefficient (Wildman–Crippen LogP) is 5.06. The van der Waals surface area contributed by atoms with E-state index in [0.29, 0.717) is 21.3 Å². The van der Waals surface area contributed by atoms with E-state index in [4.69, 9.17) is 16.0 Å². The monoisotopic (exact) mass is 389 g/mol. The Bertz CT molecular complexity index is 891. The Kier molecular flexibility index (Phi) is 6.06. The third kappa shape index (κ3) is 4.51. The van der Waals surface area contributed by atoms with E-state index in [0.717, 1.165) is 24.5 Å². The minimum atomic E-state index is -0.106. The first-order valence-electron chi connectivity index (χ1n) is 8.42. The van der Waals surface area contributed by atoms with Gasteiger partial charge >= 0.3 is 0 Å². The average Bonchev–Trinajstić information content (AvgIpc) is 3.04. The van der Waals surface area contributed by atoms with Crippen molar-refractivity contribution in [2.24, 2.45) is 0 Å². The van der Waals surface area contributed by atoms with Crippen molar-refractivity contribution in [2.45, 2.75) is 19.1 Å². The normalized spacial score (nSPS) is 10.9. The molecule has 0 bridgehead atoms. The van der Waals surface area contributed by atoms with Gasteiger partial charge in [-0.05, 0) is 56.3 Å². The molecule has 5 nitrogen and oxygen atoms in total. The molecule has 0 spiro atoms. The van der Waals surface area contributed by atoms with E-state index in [-0.39, 0.29) is 11.7 Å². The number of benzene rings is 2. The zero-order chi connectivity index (χ0) is 18.5. The first kappa shape index (κ1) is 18.6. The Balaban J connectivity index is 1.56. The van der Waals surface area contributed by atoms with Crippen molar-refractivity contribution in [3.05, 3.63) is 47.5 Å². The number of oxazole rings is 1. The highest BCUT2D eigenvalue weighted by Gasteiger charge is 2.10. The van der Waals surface area contributed by atoms with Crippen LogP contribution in [-0.2, 0) is 4.79 Å². The van der Waals surface area contributed by atoms with Crippen LogP contribution in [0.4, 0.5) is 11.4 Å². The van der Waals surface area contributed by atoms with Gasteiger partial charge in [-0.25, -0.2) is 4.98 Å². The maximum Gasteiger partial charge on any atom is 0.257 e. The topological polar surface area (TPSA) is 58.4 Å². The van der Waals surface area contributed by atoms with Crippen molar-refractivity contribution in [3.8, 4) is 0 Å². The molecule has 26 heavy (non-hydrogen) atoms. The lowest BCUT2D eigenvalue weighted by molar-refractivity contribution is -0.113. The lowest BCUT2D eigenvalue weighted by Crippen LogP contribution is -2.21. The fourth-order valence-electron chi connectivity index (χ4n) is 2.61. The SMILES string of the molecule is CCN(CC)c1ccc(NC(=O)CSc2nc3cc(Cl)ccc3o2)cc1. The number of thioether (sulfide) groups is 1. The van der Waals surface area contributed by atoms with Crippen molar-refractivity contribution in [1.82, 2.24) is 4.98 Å². The van der Waals surface area contributed by atoms with Gasteiger partial charge in [0.25, 0.3) is 5.22 Å². The summed E-state index contributed by atoms with van der Waals surface area (Å²) in [5, 5.41) is 3.95. The highest BCUT2D eigenvalue weighted by atomic mass is 35.5. The van der Waals surface area contributed by atoms with Gasteiger partial charge in [0.2, 0.25) is 5.91 Å². The van der Waals surface area contributed by atoms with E-state index >= 15 is 0 Å². The maximum absolute atomic E-state index is 12.2. The molecule has 0 radical (unpaired) electrons. The Morgan fingerprint density at radius 3 is 2.62 bits per heavy atom. The number of nitrogens with zero attached hydrogens (tertiary/aromatic N) is 2. The molecule has 1 heterocycles. The molecule has 1 amide bonds. The number of anilines is 2. The number of hydrogen-bond donors (Lipinski definition) is 1.